The van der Waals surface area contributed by atoms with Crippen molar-refractivity contribution in [3.05, 3.63) is 24.3 Å². The molecule has 3 heterocycles. The minimum absolute atomic E-state index is 0.0139. The van der Waals surface area contributed by atoms with Crippen molar-refractivity contribution in [3.8, 4) is 0 Å². The maximum Gasteiger partial charge on any atom is 0.306 e. The van der Waals surface area contributed by atoms with Crippen molar-refractivity contribution in [1.82, 2.24) is 4.90 Å². The van der Waals surface area contributed by atoms with Gasteiger partial charge in [-0.3, -0.25) is 9.59 Å². The molecule has 2 saturated heterocycles. The van der Waals surface area contributed by atoms with Crippen molar-refractivity contribution in [3.63, 3.8) is 0 Å². The van der Waals surface area contributed by atoms with Crippen LogP contribution in [0, 0.1) is 29.1 Å². The monoisotopic (exact) mass is 898 g/mol. The number of rotatable bonds is 13. The van der Waals surface area contributed by atoms with E-state index in [2.05, 4.69) is 74.6 Å². The first-order valence-corrected chi connectivity index (χ1v) is 25.9. The molecule has 15 atom stereocenters. The van der Waals surface area contributed by atoms with E-state index in [-0.39, 0.29) is 58.9 Å². The van der Waals surface area contributed by atoms with Gasteiger partial charge in [0.1, 0.15) is 12.2 Å². The molecule has 0 radical (unpaired) electrons. The van der Waals surface area contributed by atoms with E-state index in [1.807, 2.05) is 58.0 Å². The highest BCUT2D eigenvalue weighted by Gasteiger charge is 2.53. The minimum Gasteiger partial charge on any atom is -0.462 e. The van der Waals surface area contributed by atoms with Crippen molar-refractivity contribution in [2.75, 3.05) is 35.4 Å². The number of nitrogens with zero attached hydrogens (tertiary/aromatic N) is 1. The van der Waals surface area contributed by atoms with Crippen LogP contribution in [-0.4, -0.2) is 134 Å². The third-order valence-electron chi connectivity index (χ3n) is 14.2. The number of esters is 2. The molecule has 0 N–H and O–H groups in total. The zero-order chi connectivity index (χ0) is 46.9. The van der Waals surface area contributed by atoms with E-state index in [9.17, 15) is 9.59 Å². The van der Waals surface area contributed by atoms with Crippen molar-refractivity contribution in [2.24, 2.45) is 29.1 Å². The average molecular weight is 898 g/mol. The first-order chi connectivity index (χ1) is 28.8. The zero-order valence-corrected chi connectivity index (χ0v) is 42.9. The molecule has 3 aliphatic rings. The average Bonchev–Trinajstić information content (AvgIpc) is 3.14. The fraction of sp³-hybridized carbons (Fsp3) is 0.875. The molecule has 0 aromatic carbocycles. The minimum atomic E-state index is -2.25. The number of methoxy groups -OCH3 is 3. The molecule has 14 heteroatoms. The Bertz CT molecular complexity index is 1440. The lowest BCUT2D eigenvalue weighted by atomic mass is 9.73. The van der Waals surface area contributed by atoms with Gasteiger partial charge in [-0.2, -0.15) is 0 Å². The van der Waals surface area contributed by atoms with Crippen LogP contribution in [0.4, 0.5) is 0 Å². The van der Waals surface area contributed by atoms with Gasteiger partial charge in [-0.25, -0.2) is 0 Å². The van der Waals surface area contributed by atoms with Crippen LogP contribution in [0.5, 0.6) is 0 Å². The highest BCUT2D eigenvalue weighted by atomic mass is 28.4. The predicted molar refractivity (Wildman–Crippen MR) is 244 cm³/mol. The van der Waals surface area contributed by atoms with Gasteiger partial charge in [0.25, 0.3) is 0 Å². The molecule has 0 saturated carbocycles. The predicted octanol–water partition coefficient (Wildman–Crippen LogP) is 8.69. The molecular formula is C48H87NO12Si. The molecule has 3 aliphatic heterocycles. The second-order valence-corrected chi connectivity index (χ2v) is 25.6. The first kappa shape index (κ1) is 54.6. The number of carbonyl (C=O) groups is 2. The fourth-order valence-electron chi connectivity index (χ4n) is 9.01. The molecule has 0 spiro atoms. The summed E-state index contributed by atoms with van der Waals surface area (Å²) in [5, 5.41) is -0.0228. The second kappa shape index (κ2) is 23.6. The highest BCUT2D eigenvalue weighted by Crippen LogP contribution is 2.44. The van der Waals surface area contributed by atoms with E-state index in [1.54, 1.807) is 21.3 Å². The van der Waals surface area contributed by atoms with Gasteiger partial charge in [-0.15, -0.1) is 0 Å². The van der Waals surface area contributed by atoms with Crippen LogP contribution in [0.25, 0.3) is 0 Å². The van der Waals surface area contributed by atoms with E-state index in [0.29, 0.717) is 31.6 Å². The van der Waals surface area contributed by atoms with Crippen LogP contribution in [0.15, 0.2) is 24.3 Å². The number of likely N-dealkylation sites (N-methyl/N-ethyl adjacent to an activating group) is 1. The summed E-state index contributed by atoms with van der Waals surface area (Å²) in [6, 6.07) is -0.487. The molecule has 360 valence electrons. The van der Waals surface area contributed by atoms with Crippen molar-refractivity contribution in [2.45, 2.75) is 207 Å². The number of carbonyl (C=O) groups excluding carboxylic acids is 2. The van der Waals surface area contributed by atoms with E-state index >= 15 is 0 Å². The van der Waals surface area contributed by atoms with Crippen LogP contribution in [0.1, 0.15) is 115 Å². The quantitative estimate of drug-likeness (QED) is 0.0994. The summed E-state index contributed by atoms with van der Waals surface area (Å²) < 4.78 is 64.9. The Morgan fingerprint density at radius 1 is 0.903 bits per heavy atom. The summed E-state index contributed by atoms with van der Waals surface area (Å²) in [5.74, 6) is -1.15. The third kappa shape index (κ3) is 14.9. The molecule has 62 heavy (non-hydrogen) atoms. The van der Waals surface area contributed by atoms with E-state index < -0.39 is 69.7 Å². The molecule has 3 rings (SSSR count). The van der Waals surface area contributed by atoms with Gasteiger partial charge in [0.15, 0.2) is 33.3 Å². The van der Waals surface area contributed by atoms with Crippen molar-refractivity contribution >= 4 is 20.3 Å². The fourth-order valence-corrected chi connectivity index (χ4v) is 10.4. The zero-order valence-electron chi connectivity index (χ0n) is 41.9. The van der Waals surface area contributed by atoms with Crippen LogP contribution in [0.3, 0.4) is 0 Å². The molecule has 0 aromatic rings. The smallest absolute Gasteiger partial charge is 0.306 e. The van der Waals surface area contributed by atoms with E-state index in [0.717, 1.165) is 0 Å². The van der Waals surface area contributed by atoms with Crippen LogP contribution in [-0.2, 0) is 56.6 Å². The SMILES string of the molecule is COC(C[C@H]1C[C@@H](C)[C@@H](O[Si](C)(C)C(C)(C)C)/C=C/C=C/C[C@@H](C)OC(=O)C[C@@H](C)[C@H](OC)[C@H]1O[C@@H]1O[C@H](C)[C@H](O[C@H]2CC(C)(C)[C@@H](C)C(C)O2)C(N(C)C)C1OC(C)=O)OC. The normalized spacial score (nSPS) is 38.1. The molecular weight excluding hydrogens is 811 g/mol. The maximum atomic E-state index is 13.5. The molecule has 13 nitrogen and oxygen atoms in total. The Morgan fingerprint density at radius 3 is 2.10 bits per heavy atom. The largest absolute Gasteiger partial charge is 0.462 e. The summed E-state index contributed by atoms with van der Waals surface area (Å²) in [4.78, 5) is 28.6. The lowest BCUT2D eigenvalue weighted by Crippen LogP contribution is -2.66. The Hall–Kier alpha value is -1.72. The summed E-state index contributed by atoms with van der Waals surface area (Å²) in [5.41, 5.74) is -0.0220. The second-order valence-electron chi connectivity index (χ2n) is 20.9. The van der Waals surface area contributed by atoms with Gasteiger partial charge in [0.05, 0.1) is 43.0 Å². The van der Waals surface area contributed by atoms with Crippen molar-refractivity contribution in [1.29, 1.82) is 0 Å². The molecule has 0 bridgehead atoms. The van der Waals surface area contributed by atoms with Gasteiger partial charge >= 0.3 is 11.9 Å². The van der Waals surface area contributed by atoms with Gasteiger partial charge < -0.3 is 52.0 Å². The van der Waals surface area contributed by atoms with Gasteiger partial charge in [0, 0.05) is 47.5 Å². The topological polar surface area (TPSA) is 130 Å². The lowest BCUT2D eigenvalue weighted by Gasteiger charge is -2.51. The number of hydrogen-bond donors (Lipinski definition) is 0. The van der Waals surface area contributed by atoms with Crippen LogP contribution in [0.2, 0.25) is 18.1 Å². The van der Waals surface area contributed by atoms with Crippen molar-refractivity contribution < 1.29 is 56.6 Å². The maximum absolute atomic E-state index is 13.5. The first-order valence-electron chi connectivity index (χ1n) is 23.0. The Balaban J connectivity index is 2.21. The van der Waals surface area contributed by atoms with Crippen LogP contribution < -0.4 is 0 Å². The summed E-state index contributed by atoms with van der Waals surface area (Å²) in [6.45, 7) is 29.5. The molecule has 3 unspecified atom stereocenters. The molecule has 0 aliphatic carbocycles. The van der Waals surface area contributed by atoms with E-state index in [1.165, 1.54) is 6.92 Å². The standard InChI is InChI=1S/C48H87NO12Si/c1-29-25-36(27-39(52-15)53-16)44(42(54-17)30(2)26-38(51)55-31(3)23-21-20-22-24-37(29)61-62(18,19)47(8,9)10)60-46-45(58-35(7)50)41(49(13)14)43(34(6)57-46)59-40-28-48(11,12)32(4)33(5)56-40/h20-22,24,29-34,36-37,39-46H,23,25-28H2,1-19H3/b21-20+,24-22+/t29-,30-,31-,32+,33?,34-,36-,37+,40+,41?,42+,43+,44+,45?,46+/m1/s1. The highest BCUT2D eigenvalue weighted by molar-refractivity contribution is 6.74. The molecule has 0 amide bonds. The Morgan fingerprint density at radius 2 is 1.55 bits per heavy atom. The Labute approximate surface area is 376 Å². The van der Waals surface area contributed by atoms with Crippen LogP contribution >= 0.6 is 0 Å². The van der Waals surface area contributed by atoms with Gasteiger partial charge in [-0.05, 0) is 88.5 Å². The molecule has 2 fully saturated rings. The van der Waals surface area contributed by atoms with Gasteiger partial charge in [-0.1, -0.05) is 79.7 Å². The number of allylic oxidation sites excluding steroid dienone is 2. The van der Waals surface area contributed by atoms with Gasteiger partial charge in [0.2, 0.25) is 0 Å². The number of ether oxygens (including phenoxy) is 9. The Kier molecular flexibility index (Phi) is 20.8. The summed E-state index contributed by atoms with van der Waals surface area (Å²) in [7, 11) is 6.52. The molecule has 0 aromatic heterocycles. The lowest BCUT2D eigenvalue weighted by molar-refractivity contribution is -0.339. The number of cyclic esters (lactones) is 1. The summed E-state index contributed by atoms with van der Waals surface area (Å²) >= 11 is 0. The summed E-state index contributed by atoms with van der Waals surface area (Å²) in [6.07, 6.45) is 4.53. The van der Waals surface area contributed by atoms with E-state index in [4.69, 9.17) is 47.1 Å². The number of hydrogen-bond acceptors (Lipinski definition) is 13. The third-order valence-corrected chi connectivity index (χ3v) is 18.7.